The van der Waals surface area contributed by atoms with Crippen molar-refractivity contribution in [3.05, 3.63) is 42.2 Å². The summed E-state index contributed by atoms with van der Waals surface area (Å²) in [5.74, 6) is 2.74. The Balaban J connectivity index is 1.80. The van der Waals surface area contributed by atoms with Gasteiger partial charge in [-0.15, -0.1) is 0 Å². The van der Waals surface area contributed by atoms with Crippen molar-refractivity contribution in [1.29, 1.82) is 0 Å². The highest BCUT2D eigenvalue weighted by Crippen LogP contribution is 2.21. The van der Waals surface area contributed by atoms with Crippen molar-refractivity contribution >= 4 is 11.8 Å². The van der Waals surface area contributed by atoms with E-state index in [1.54, 1.807) is 30.4 Å². The molecule has 5 heteroatoms. The van der Waals surface area contributed by atoms with Crippen LogP contribution in [0, 0.1) is 0 Å². The summed E-state index contributed by atoms with van der Waals surface area (Å²) in [7, 11) is 0. The number of furan rings is 1. The fourth-order valence-electron chi connectivity index (χ4n) is 1.49. The standard InChI is InChI=1S/C13H17N3OS/c1-2-5-14-8-11-3-4-12(17-11)10-18-13-9-15-6-7-16-13/h3-4,6-7,9,14H,2,5,8,10H2,1H3. The van der Waals surface area contributed by atoms with Gasteiger partial charge in [-0.1, -0.05) is 18.7 Å². The van der Waals surface area contributed by atoms with Crippen LogP contribution in [-0.2, 0) is 12.3 Å². The Bertz CT molecular complexity index is 458. The second-order valence-corrected chi connectivity index (χ2v) is 4.87. The molecule has 4 nitrogen and oxygen atoms in total. The first kappa shape index (κ1) is 13.1. The van der Waals surface area contributed by atoms with Gasteiger partial charge in [0.1, 0.15) is 16.5 Å². The van der Waals surface area contributed by atoms with Gasteiger partial charge in [-0.3, -0.25) is 4.98 Å². The summed E-state index contributed by atoms with van der Waals surface area (Å²) in [6, 6.07) is 4.04. The lowest BCUT2D eigenvalue weighted by Gasteiger charge is -1.99. The number of rotatable bonds is 7. The molecule has 18 heavy (non-hydrogen) atoms. The Hall–Kier alpha value is -1.33. The van der Waals surface area contributed by atoms with Gasteiger partial charge in [0, 0.05) is 12.4 Å². The molecule has 96 valence electrons. The zero-order valence-corrected chi connectivity index (χ0v) is 11.2. The largest absolute Gasteiger partial charge is 0.464 e. The first-order valence-corrected chi connectivity index (χ1v) is 7.04. The predicted octanol–water partition coefficient (Wildman–Crippen LogP) is 2.86. The molecule has 0 aromatic carbocycles. The number of nitrogens with zero attached hydrogens (tertiary/aromatic N) is 2. The minimum absolute atomic E-state index is 0.784. The van der Waals surface area contributed by atoms with E-state index in [0.717, 1.165) is 41.8 Å². The lowest BCUT2D eigenvalue weighted by atomic mass is 10.4. The molecule has 2 aromatic heterocycles. The fraction of sp³-hybridized carbons (Fsp3) is 0.385. The minimum atomic E-state index is 0.784. The molecule has 0 spiro atoms. The Morgan fingerprint density at radius 2 is 2.17 bits per heavy atom. The van der Waals surface area contributed by atoms with Crippen molar-refractivity contribution in [1.82, 2.24) is 15.3 Å². The molecule has 0 aliphatic carbocycles. The summed E-state index contributed by atoms with van der Waals surface area (Å²) >= 11 is 1.63. The molecule has 2 rings (SSSR count). The van der Waals surface area contributed by atoms with Crippen molar-refractivity contribution in [2.45, 2.75) is 30.7 Å². The average molecular weight is 263 g/mol. The highest BCUT2D eigenvalue weighted by atomic mass is 32.2. The van der Waals surface area contributed by atoms with Crippen molar-refractivity contribution in [3.8, 4) is 0 Å². The third kappa shape index (κ3) is 4.16. The van der Waals surface area contributed by atoms with E-state index < -0.39 is 0 Å². The van der Waals surface area contributed by atoms with E-state index >= 15 is 0 Å². The zero-order valence-electron chi connectivity index (χ0n) is 10.4. The third-order valence-electron chi connectivity index (χ3n) is 2.35. The Morgan fingerprint density at radius 1 is 1.28 bits per heavy atom. The molecule has 2 heterocycles. The topological polar surface area (TPSA) is 51.0 Å². The van der Waals surface area contributed by atoms with E-state index in [9.17, 15) is 0 Å². The molecule has 2 aromatic rings. The predicted molar refractivity (Wildman–Crippen MR) is 72.3 cm³/mol. The summed E-state index contributed by atoms with van der Waals surface area (Å²) in [6.45, 7) is 3.96. The summed E-state index contributed by atoms with van der Waals surface area (Å²) in [6.07, 6.45) is 6.27. The first-order chi connectivity index (χ1) is 8.88. The van der Waals surface area contributed by atoms with Crippen LogP contribution in [0.2, 0.25) is 0 Å². The Kier molecular flexibility index (Phi) is 5.23. The molecule has 0 saturated carbocycles. The molecular formula is C13H17N3OS. The molecule has 0 aliphatic heterocycles. The van der Waals surface area contributed by atoms with Crippen LogP contribution in [0.25, 0.3) is 0 Å². The average Bonchev–Trinajstić information content (AvgIpc) is 2.86. The highest BCUT2D eigenvalue weighted by molar-refractivity contribution is 7.98. The summed E-state index contributed by atoms with van der Waals surface area (Å²) in [5, 5.41) is 4.23. The Morgan fingerprint density at radius 3 is 2.94 bits per heavy atom. The SMILES string of the molecule is CCCNCc1ccc(CSc2cnccn2)o1. The van der Waals surface area contributed by atoms with E-state index in [0.29, 0.717) is 0 Å². The Labute approximate surface area is 111 Å². The van der Waals surface area contributed by atoms with Crippen LogP contribution in [0.4, 0.5) is 0 Å². The van der Waals surface area contributed by atoms with Gasteiger partial charge in [-0.25, -0.2) is 4.98 Å². The molecule has 0 aliphatic rings. The van der Waals surface area contributed by atoms with E-state index in [1.165, 1.54) is 0 Å². The minimum Gasteiger partial charge on any atom is -0.464 e. The fourth-order valence-corrected chi connectivity index (χ4v) is 2.20. The number of nitrogens with one attached hydrogen (secondary N) is 1. The van der Waals surface area contributed by atoms with Crippen LogP contribution >= 0.6 is 11.8 Å². The number of hydrogen-bond donors (Lipinski definition) is 1. The molecule has 0 unspecified atom stereocenters. The summed E-state index contributed by atoms with van der Waals surface area (Å²) in [4.78, 5) is 8.24. The number of thioether (sulfide) groups is 1. The van der Waals surface area contributed by atoms with Gasteiger partial charge in [0.15, 0.2) is 0 Å². The van der Waals surface area contributed by atoms with Crippen molar-refractivity contribution in [3.63, 3.8) is 0 Å². The smallest absolute Gasteiger partial charge is 0.118 e. The second kappa shape index (κ2) is 7.18. The maximum absolute atomic E-state index is 5.72. The lowest BCUT2D eigenvalue weighted by molar-refractivity contribution is 0.459. The monoisotopic (exact) mass is 263 g/mol. The molecule has 0 amide bonds. The third-order valence-corrected chi connectivity index (χ3v) is 3.28. The zero-order chi connectivity index (χ0) is 12.6. The van der Waals surface area contributed by atoms with Crippen LogP contribution in [0.15, 0.2) is 40.2 Å². The lowest BCUT2D eigenvalue weighted by Crippen LogP contribution is -2.12. The second-order valence-electron chi connectivity index (χ2n) is 3.88. The quantitative estimate of drug-likeness (QED) is 0.615. The van der Waals surface area contributed by atoms with Gasteiger partial charge in [-0.05, 0) is 25.1 Å². The van der Waals surface area contributed by atoms with E-state index in [2.05, 4.69) is 22.2 Å². The van der Waals surface area contributed by atoms with Crippen molar-refractivity contribution in [2.24, 2.45) is 0 Å². The van der Waals surface area contributed by atoms with E-state index in [4.69, 9.17) is 4.42 Å². The number of hydrogen-bond acceptors (Lipinski definition) is 5. The maximum atomic E-state index is 5.72. The maximum Gasteiger partial charge on any atom is 0.118 e. The van der Waals surface area contributed by atoms with Crippen LogP contribution in [0.3, 0.4) is 0 Å². The normalized spacial score (nSPS) is 10.7. The van der Waals surface area contributed by atoms with Gasteiger partial charge < -0.3 is 9.73 Å². The summed E-state index contributed by atoms with van der Waals surface area (Å²) in [5.41, 5.74) is 0. The molecule has 0 saturated heterocycles. The molecule has 1 N–H and O–H groups in total. The van der Waals surface area contributed by atoms with Gasteiger partial charge in [-0.2, -0.15) is 0 Å². The van der Waals surface area contributed by atoms with Gasteiger partial charge in [0.05, 0.1) is 18.5 Å². The first-order valence-electron chi connectivity index (χ1n) is 6.05. The highest BCUT2D eigenvalue weighted by Gasteiger charge is 2.03. The van der Waals surface area contributed by atoms with Crippen LogP contribution in [-0.4, -0.2) is 16.5 Å². The van der Waals surface area contributed by atoms with Crippen molar-refractivity contribution in [2.75, 3.05) is 6.54 Å². The van der Waals surface area contributed by atoms with Gasteiger partial charge in [0.25, 0.3) is 0 Å². The molecule has 0 radical (unpaired) electrons. The summed E-state index contributed by atoms with van der Waals surface area (Å²) < 4.78 is 5.72. The van der Waals surface area contributed by atoms with Gasteiger partial charge in [0.2, 0.25) is 0 Å². The molecule has 0 atom stereocenters. The van der Waals surface area contributed by atoms with E-state index in [1.807, 2.05) is 12.1 Å². The van der Waals surface area contributed by atoms with Crippen LogP contribution in [0.5, 0.6) is 0 Å². The van der Waals surface area contributed by atoms with Gasteiger partial charge >= 0.3 is 0 Å². The van der Waals surface area contributed by atoms with Crippen molar-refractivity contribution < 1.29 is 4.42 Å². The number of aromatic nitrogens is 2. The molecular weight excluding hydrogens is 246 g/mol. The van der Waals surface area contributed by atoms with Crippen LogP contribution < -0.4 is 5.32 Å². The molecule has 0 bridgehead atoms. The van der Waals surface area contributed by atoms with Crippen LogP contribution in [0.1, 0.15) is 24.9 Å². The molecule has 0 fully saturated rings. The van der Waals surface area contributed by atoms with E-state index in [-0.39, 0.29) is 0 Å².